The second-order valence-corrected chi connectivity index (χ2v) is 5.61. The monoisotopic (exact) mass is 264 g/mol. The van der Waals surface area contributed by atoms with Gasteiger partial charge < -0.3 is 10.6 Å². The van der Waals surface area contributed by atoms with Gasteiger partial charge in [0.05, 0.1) is 12.0 Å². The quantitative estimate of drug-likeness (QED) is 0.908. The zero-order valence-corrected chi connectivity index (χ0v) is 11.6. The lowest BCUT2D eigenvalue weighted by Gasteiger charge is -2.34. The number of hydrogen-bond acceptors (Lipinski definition) is 2. The van der Waals surface area contributed by atoms with Crippen LogP contribution in [0.15, 0.2) is 18.2 Å². The van der Waals surface area contributed by atoms with Crippen molar-refractivity contribution in [2.75, 3.05) is 13.1 Å². The van der Waals surface area contributed by atoms with Crippen LogP contribution in [-0.2, 0) is 11.2 Å². The number of nitrogens with zero attached hydrogens (tertiary/aromatic N) is 1. The number of carbonyl (C=O) groups excluding carboxylic acids is 1. The van der Waals surface area contributed by atoms with E-state index in [4.69, 9.17) is 5.73 Å². The van der Waals surface area contributed by atoms with E-state index in [-0.39, 0.29) is 17.3 Å². The van der Waals surface area contributed by atoms with Crippen LogP contribution in [0.2, 0.25) is 0 Å². The zero-order chi connectivity index (χ0) is 14.0. The first kappa shape index (κ1) is 14.0. The van der Waals surface area contributed by atoms with Crippen LogP contribution < -0.4 is 5.73 Å². The topological polar surface area (TPSA) is 46.3 Å². The van der Waals surface area contributed by atoms with Crippen LogP contribution in [0.1, 0.15) is 30.9 Å². The highest BCUT2D eigenvalue weighted by atomic mass is 19.1. The van der Waals surface area contributed by atoms with E-state index < -0.39 is 0 Å². The lowest BCUT2D eigenvalue weighted by Crippen LogP contribution is -2.50. The molecule has 1 aliphatic heterocycles. The van der Waals surface area contributed by atoms with E-state index in [9.17, 15) is 9.18 Å². The molecule has 19 heavy (non-hydrogen) atoms. The van der Waals surface area contributed by atoms with Crippen LogP contribution >= 0.6 is 0 Å². The third-order valence-electron chi connectivity index (χ3n) is 4.07. The smallest absolute Gasteiger partial charge is 0.227 e. The molecule has 1 aliphatic rings. The minimum absolute atomic E-state index is 0.0801. The number of carbonyl (C=O) groups is 1. The predicted molar refractivity (Wildman–Crippen MR) is 73.2 cm³/mol. The van der Waals surface area contributed by atoms with Gasteiger partial charge in [-0.2, -0.15) is 0 Å². The van der Waals surface area contributed by atoms with Crippen molar-refractivity contribution >= 4 is 5.91 Å². The summed E-state index contributed by atoms with van der Waals surface area (Å²) < 4.78 is 13.2. The number of amides is 1. The Balaban J connectivity index is 2.10. The molecule has 1 aromatic carbocycles. The first-order valence-corrected chi connectivity index (χ1v) is 6.72. The number of likely N-dealkylation sites (tertiary alicyclic amines) is 1. The van der Waals surface area contributed by atoms with Crippen molar-refractivity contribution in [2.45, 2.75) is 38.6 Å². The maximum Gasteiger partial charge on any atom is 0.227 e. The molecule has 0 saturated carbocycles. The molecule has 1 heterocycles. The van der Waals surface area contributed by atoms with Gasteiger partial charge in [0, 0.05) is 13.1 Å². The maximum atomic E-state index is 13.2. The first-order valence-electron chi connectivity index (χ1n) is 6.72. The summed E-state index contributed by atoms with van der Waals surface area (Å²) in [7, 11) is 0. The number of benzene rings is 1. The van der Waals surface area contributed by atoms with Crippen molar-refractivity contribution in [2.24, 2.45) is 5.73 Å². The predicted octanol–water partition coefficient (Wildman–Crippen LogP) is 2.02. The van der Waals surface area contributed by atoms with Gasteiger partial charge in [0.25, 0.3) is 0 Å². The SMILES string of the molecule is Cc1cc(CC(=O)N2CCCC2(C)CN)ccc1F. The van der Waals surface area contributed by atoms with Crippen molar-refractivity contribution in [1.82, 2.24) is 4.90 Å². The molecule has 0 radical (unpaired) electrons. The molecule has 1 saturated heterocycles. The van der Waals surface area contributed by atoms with Gasteiger partial charge in [0.15, 0.2) is 0 Å². The molecule has 104 valence electrons. The second kappa shape index (κ2) is 5.29. The lowest BCUT2D eigenvalue weighted by atomic mass is 9.98. The fourth-order valence-corrected chi connectivity index (χ4v) is 2.75. The number of nitrogens with two attached hydrogens (primary N) is 1. The molecule has 0 spiro atoms. The Morgan fingerprint density at radius 3 is 2.89 bits per heavy atom. The average molecular weight is 264 g/mol. The summed E-state index contributed by atoms with van der Waals surface area (Å²) in [6.07, 6.45) is 2.27. The van der Waals surface area contributed by atoms with Gasteiger partial charge in [-0.1, -0.05) is 12.1 Å². The molecule has 0 aromatic heterocycles. The van der Waals surface area contributed by atoms with Gasteiger partial charge in [0.2, 0.25) is 5.91 Å². The standard InChI is InChI=1S/C15H21FN2O/c1-11-8-12(4-5-13(11)16)9-14(19)18-7-3-6-15(18,2)10-17/h4-5,8H,3,6-7,9-10,17H2,1-2H3. The first-order chi connectivity index (χ1) is 8.96. The number of aryl methyl sites for hydroxylation is 1. The molecule has 2 rings (SSSR count). The number of rotatable bonds is 3. The van der Waals surface area contributed by atoms with Gasteiger partial charge >= 0.3 is 0 Å². The molecular formula is C15H21FN2O. The Bertz CT molecular complexity index is 489. The summed E-state index contributed by atoms with van der Waals surface area (Å²) in [4.78, 5) is 14.2. The van der Waals surface area contributed by atoms with Gasteiger partial charge in [0.1, 0.15) is 5.82 Å². The van der Waals surface area contributed by atoms with Crippen molar-refractivity contribution in [3.8, 4) is 0 Å². The van der Waals surface area contributed by atoms with Gasteiger partial charge in [-0.3, -0.25) is 4.79 Å². The molecule has 2 N–H and O–H groups in total. The molecule has 0 aliphatic carbocycles. The molecule has 1 aromatic rings. The van der Waals surface area contributed by atoms with Crippen LogP contribution in [0.4, 0.5) is 4.39 Å². The summed E-state index contributed by atoms with van der Waals surface area (Å²) in [5, 5.41) is 0. The second-order valence-electron chi connectivity index (χ2n) is 5.61. The fraction of sp³-hybridized carbons (Fsp3) is 0.533. The molecule has 1 atom stereocenters. The maximum absolute atomic E-state index is 13.2. The molecule has 1 fully saturated rings. The summed E-state index contributed by atoms with van der Waals surface area (Å²) in [6, 6.07) is 4.84. The summed E-state index contributed by atoms with van der Waals surface area (Å²) in [5.74, 6) is -0.152. The van der Waals surface area contributed by atoms with Gasteiger partial charge in [-0.15, -0.1) is 0 Å². The summed E-state index contributed by atoms with van der Waals surface area (Å²) in [5.41, 5.74) is 7.01. The molecule has 1 unspecified atom stereocenters. The van der Waals surface area contributed by atoms with Crippen LogP contribution in [0.25, 0.3) is 0 Å². The van der Waals surface area contributed by atoms with Crippen molar-refractivity contribution in [3.05, 3.63) is 35.1 Å². The Kier molecular flexibility index (Phi) is 3.90. The van der Waals surface area contributed by atoms with E-state index in [0.717, 1.165) is 24.9 Å². The van der Waals surface area contributed by atoms with Crippen molar-refractivity contribution in [3.63, 3.8) is 0 Å². The highest BCUT2D eigenvalue weighted by molar-refractivity contribution is 5.80. The van der Waals surface area contributed by atoms with E-state index >= 15 is 0 Å². The Hall–Kier alpha value is -1.42. The fourth-order valence-electron chi connectivity index (χ4n) is 2.75. The number of halogens is 1. The van der Waals surface area contributed by atoms with Crippen LogP contribution in [0, 0.1) is 12.7 Å². The summed E-state index contributed by atoms with van der Waals surface area (Å²) >= 11 is 0. The highest BCUT2D eigenvalue weighted by Crippen LogP contribution is 2.28. The lowest BCUT2D eigenvalue weighted by molar-refractivity contribution is -0.133. The molecular weight excluding hydrogens is 243 g/mol. The molecule has 3 nitrogen and oxygen atoms in total. The molecule has 0 bridgehead atoms. The van der Waals surface area contributed by atoms with E-state index in [2.05, 4.69) is 0 Å². The Labute approximate surface area is 113 Å². The normalized spacial score (nSPS) is 22.8. The van der Waals surface area contributed by atoms with E-state index in [1.807, 2.05) is 11.8 Å². The Morgan fingerprint density at radius 1 is 1.53 bits per heavy atom. The zero-order valence-electron chi connectivity index (χ0n) is 11.6. The van der Waals surface area contributed by atoms with Crippen molar-refractivity contribution in [1.29, 1.82) is 0 Å². The molecule has 4 heteroatoms. The molecule has 1 amide bonds. The van der Waals surface area contributed by atoms with Crippen molar-refractivity contribution < 1.29 is 9.18 Å². The van der Waals surface area contributed by atoms with Crippen LogP contribution in [0.5, 0.6) is 0 Å². The van der Waals surface area contributed by atoms with Gasteiger partial charge in [-0.05, 0) is 43.9 Å². The summed E-state index contributed by atoms with van der Waals surface area (Å²) in [6.45, 7) is 5.00. The van der Waals surface area contributed by atoms with Gasteiger partial charge in [-0.25, -0.2) is 4.39 Å². The van der Waals surface area contributed by atoms with E-state index in [1.54, 1.807) is 19.1 Å². The van der Waals surface area contributed by atoms with Crippen LogP contribution in [-0.4, -0.2) is 29.4 Å². The van der Waals surface area contributed by atoms with E-state index in [1.165, 1.54) is 6.07 Å². The number of hydrogen-bond donors (Lipinski definition) is 1. The minimum Gasteiger partial charge on any atom is -0.336 e. The van der Waals surface area contributed by atoms with E-state index in [0.29, 0.717) is 18.5 Å². The third kappa shape index (κ3) is 2.78. The third-order valence-corrected chi connectivity index (χ3v) is 4.07. The Morgan fingerprint density at radius 2 is 2.26 bits per heavy atom. The highest BCUT2D eigenvalue weighted by Gasteiger charge is 2.38. The largest absolute Gasteiger partial charge is 0.336 e. The average Bonchev–Trinajstić information content (AvgIpc) is 2.77. The van der Waals surface area contributed by atoms with Crippen LogP contribution in [0.3, 0.4) is 0 Å². The minimum atomic E-state index is -0.232.